The molecule has 3 rings (SSSR count). The van der Waals surface area contributed by atoms with Crippen LogP contribution in [0.25, 0.3) is 5.69 Å². The Balaban J connectivity index is 2.09. The molecule has 3 nitrogen and oxygen atoms in total. The van der Waals surface area contributed by atoms with E-state index in [1.807, 2.05) is 54.7 Å². The average molecular weight is 286 g/mol. The molecule has 0 spiro atoms. The van der Waals surface area contributed by atoms with E-state index < -0.39 is 0 Å². The minimum atomic E-state index is 0.0229. The van der Waals surface area contributed by atoms with Gasteiger partial charge in [-0.05, 0) is 43.3 Å². The number of hydrogen-bond acceptors (Lipinski definition) is 2. The molecule has 0 radical (unpaired) electrons. The van der Waals surface area contributed by atoms with Gasteiger partial charge in [0.25, 0.3) is 0 Å². The van der Waals surface area contributed by atoms with Gasteiger partial charge < -0.3 is 0 Å². The predicted molar refractivity (Wildman–Crippen MR) is 86.0 cm³/mol. The zero-order valence-corrected chi connectivity index (χ0v) is 12.2. The Morgan fingerprint density at radius 1 is 1.05 bits per heavy atom. The van der Waals surface area contributed by atoms with Crippen molar-refractivity contribution in [2.75, 3.05) is 0 Å². The van der Waals surface area contributed by atoms with Crippen molar-refractivity contribution in [3.05, 3.63) is 83.7 Å². The maximum absolute atomic E-state index is 11.6. The molecule has 106 valence electrons. The van der Waals surface area contributed by atoms with Gasteiger partial charge in [-0.1, -0.05) is 30.0 Å². The maximum atomic E-state index is 11.6. The molecule has 0 aliphatic carbocycles. The third-order valence-corrected chi connectivity index (χ3v) is 3.27. The zero-order chi connectivity index (χ0) is 15.4. The molecule has 1 aromatic heterocycles. The summed E-state index contributed by atoms with van der Waals surface area (Å²) in [4.78, 5) is 11.6. The minimum Gasteiger partial charge on any atom is -0.295 e. The quantitative estimate of drug-likeness (QED) is 0.534. The van der Waals surface area contributed by atoms with Gasteiger partial charge in [0, 0.05) is 23.5 Å². The molecule has 22 heavy (non-hydrogen) atoms. The molecule has 0 saturated heterocycles. The summed E-state index contributed by atoms with van der Waals surface area (Å²) in [6, 6.07) is 17.1. The van der Waals surface area contributed by atoms with Crippen LogP contribution in [0.5, 0.6) is 0 Å². The first-order valence-corrected chi connectivity index (χ1v) is 6.96. The molecule has 0 atom stereocenters. The third kappa shape index (κ3) is 2.97. The van der Waals surface area contributed by atoms with E-state index in [2.05, 4.69) is 16.9 Å². The van der Waals surface area contributed by atoms with E-state index in [1.54, 1.807) is 23.9 Å². The summed E-state index contributed by atoms with van der Waals surface area (Å²) in [5.41, 5.74) is 3.22. The Morgan fingerprint density at radius 3 is 2.55 bits per heavy atom. The first-order chi connectivity index (χ1) is 10.7. The molecule has 2 aromatic carbocycles. The Labute approximate surface area is 129 Å². The molecule has 3 heteroatoms. The lowest BCUT2D eigenvalue weighted by atomic mass is 10.1. The number of hydrogen-bond donors (Lipinski definition) is 0. The van der Waals surface area contributed by atoms with E-state index in [1.165, 1.54) is 0 Å². The van der Waals surface area contributed by atoms with Crippen LogP contribution in [-0.2, 0) is 0 Å². The van der Waals surface area contributed by atoms with Crippen molar-refractivity contribution in [1.29, 1.82) is 0 Å². The van der Waals surface area contributed by atoms with E-state index in [0.29, 0.717) is 5.56 Å². The number of benzene rings is 2. The smallest absolute Gasteiger partial charge is 0.159 e. The van der Waals surface area contributed by atoms with Crippen LogP contribution in [0.15, 0.2) is 67.0 Å². The number of Topliss-reactive ketones (excluding diaryl/α,β-unsaturated/α-hetero) is 1. The summed E-state index contributed by atoms with van der Waals surface area (Å²) in [5.74, 6) is 6.30. The van der Waals surface area contributed by atoms with Gasteiger partial charge in [-0.25, -0.2) is 4.68 Å². The van der Waals surface area contributed by atoms with Gasteiger partial charge in [0.2, 0.25) is 0 Å². The number of rotatable bonds is 2. The first-order valence-electron chi connectivity index (χ1n) is 6.96. The minimum absolute atomic E-state index is 0.0229. The molecule has 0 N–H and O–H groups in total. The van der Waals surface area contributed by atoms with E-state index in [4.69, 9.17) is 0 Å². The highest BCUT2D eigenvalue weighted by molar-refractivity contribution is 5.94. The van der Waals surface area contributed by atoms with Gasteiger partial charge >= 0.3 is 0 Å². The van der Waals surface area contributed by atoms with Crippen LogP contribution < -0.4 is 0 Å². The van der Waals surface area contributed by atoms with E-state index in [0.717, 1.165) is 16.8 Å². The number of aromatic nitrogens is 2. The van der Waals surface area contributed by atoms with Crippen LogP contribution in [0.4, 0.5) is 0 Å². The van der Waals surface area contributed by atoms with Crippen LogP contribution in [0.3, 0.4) is 0 Å². The fraction of sp³-hybridized carbons (Fsp3) is 0.0526. The van der Waals surface area contributed by atoms with Crippen LogP contribution in [0.1, 0.15) is 28.4 Å². The maximum Gasteiger partial charge on any atom is 0.159 e. The van der Waals surface area contributed by atoms with Crippen molar-refractivity contribution in [2.24, 2.45) is 0 Å². The number of carbonyl (C=O) groups excluding carboxylic acids is 1. The summed E-state index contributed by atoms with van der Waals surface area (Å²) in [6.07, 6.45) is 3.57. The third-order valence-electron chi connectivity index (χ3n) is 3.27. The molecular weight excluding hydrogens is 272 g/mol. The topological polar surface area (TPSA) is 34.9 Å². The van der Waals surface area contributed by atoms with Crippen LogP contribution in [0, 0.1) is 11.8 Å². The number of carbonyl (C=O) groups is 1. The van der Waals surface area contributed by atoms with Gasteiger partial charge in [0.05, 0.1) is 11.3 Å². The van der Waals surface area contributed by atoms with Gasteiger partial charge in [-0.2, -0.15) is 5.10 Å². The van der Waals surface area contributed by atoms with Gasteiger partial charge in [-0.15, -0.1) is 0 Å². The molecule has 0 unspecified atom stereocenters. The molecule has 0 amide bonds. The summed E-state index contributed by atoms with van der Waals surface area (Å²) in [5, 5.41) is 4.24. The summed E-state index contributed by atoms with van der Waals surface area (Å²) >= 11 is 0. The Bertz CT molecular complexity index is 853. The van der Waals surface area contributed by atoms with Crippen molar-refractivity contribution in [3.63, 3.8) is 0 Å². The van der Waals surface area contributed by atoms with Crippen LogP contribution >= 0.6 is 0 Å². The van der Waals surface area contributed by atoms with Crippen molar-refractivity contribution in [3.8, 4) is 17.5 Å². The van der Waals surface area contributed by atoms with Crippen LogP contribution in [0.2, 0.25) is 0 Å². The number of ketones is 1. The molecule has 3 aromatic rings. The van der Waals surface area contributed by atoms with Gasteiger partial charge in [-0.3, -0.25) is 4.79 Å². The molecule has 1 heterocycles. The zero-order valence-electron chi connectivity index (χ0n) is 12.2. The molecule has 0 aliphatic heterocycles. The molecule has 0 aliphatic rings. The summed E-state index contributed by atoms with van der Waals surface area (Å²) in [7, 11) is 0. The fourth-order valence-corrected chi connectivity index (χ4v) is 2.13. The van der Waals surface area contributed by atoms with Crippen molar-refractivity contribution < 1.29 is 4.79 Å². The highest BCUT2D eigenvalue weighted by atomic mass is 16.1. The highest BCUT2D eigenvalue weighted by Crippen LogP contribution is 2.16. The second kappa shape index (κ2) is 6.11. The van der Waals surface area contributed by atoms with Gasteiger partial charge in [0.1, 0.15) is 0 Å². The lowest BCUT2D eigenvalue weighted by molar-refractivity contribution is 0.101. The van der Waals surface area contributed by atoms with Crippen LogP contribution in [-0.4, -0.2) is 15.6 Å². The highest BCUT2D eigenvalue weighted by Gasteiger charge is 2.07. The van der Waals surface area contributed by atoms with Crippen molar-refractivity contribution in [2.45, 2.75) is 6.92 Å². The molecular formula is C19H14N2O. The summed E-state index contributed by atoms with van der Waals surface area (Å²) < 4.78 is 1.75. The Morgan fingerprint density at radius 2 is 1.86 bits per heavy atom. The largest absolute Gasteiger partial charge is 0.295 e. The average Bonchev–Trinajstić information content (AvgIpc) is 3.08. The van der Waals surface area contributed by atoms with Crippen molar-refractivity contribution >= 4 is 5.78 Å². The number of nitrogens with zero attached hydrogens (tertiary/aromatic N) is 2. The first kappa shape index (κ1) is 13.8. The summed E-state index contributed by atoms with van der Waals surface area (Å²) in [6.45, 7) is 1.55. The monoisotopic (exact) mass is 286 g/mol. The standard InChI is InChI=1S/C19H14N2O/c1-15(22)17-10-11-19(21-13-5-12-20-21)18(14-17)9-8-16-6-3-2-4-7-16/h2-7,10-14H,1H3. The Hall–Kier alpha value is -3.12. The lowest BCUT2D eigenvalue weighted by Crippen LogP contribution is -2.01. The SMILES string of the molecule is CC(=O)c1ccc(-n2cccn2)c(C#Cc2ccccc2)c1. The lowest BCUT2D eigenvalue weighted by Gasteiger charge is -2.06. The molecule has 0 bridgehead atoms. The predicted octanol–water partition coefficient (Wildman–Crippen LogP) is 3.47. The Kier molecular flexibility index (Phi) is 3.84. The second-order valence-corrected chi connectivity index (χ2v) is 4.85. The van der Waals surface area contributed by atoms with E-state index >= 15 is 0 Å². The van der Waals surface area contributed by atoms with E-state index in [9.17, 15) is 4.79 Å². The van der Waals surface area contributed by atoms with E-state index in [-0.39, 0.29) is 5.78 Å². The van der Waals surface area contributed by atoms with Crippen molar-refractivity contribution in [1.82, 2.24) is 9.78 Å². The molecule has 0 fully saturated rings. The molecule has 0 saturated carbocycles. The van der Waals surface area contributed by atoms with Gasteiger partial charge in [0.15, 0.2) is 5.78 Å². The normalized spacial score (nSPS) is 9.86. The second-order valence-electron chi connectivity index (χ2n) is 4.85. The fourth-order valence-electron chi connectivity index (χ4n) is 2.13.